The smallest absolute Gasteiger partial charge is 0.309 e. The number of Topliss-reactive ketones (excluding diaryl/α,β-unsaturated/α-hetero) is 1. The molecule has 0 radical (unpaired) electrons. The highest BCUT2D eigenvalue weighted by atomic mass is 16.4. The lowest BCUT2D eigenvalue weighted by molar-refractivity contribution is -0.157. The fourth-order valence-electron chi connectivity index (χ4n) is 5.39. The number of aliphatic carboxylic acids is 1. The first-order chi connectivity index (χ1) is 9.97. The van der Waals surface area contributed by atoms with Gasteiger partial charge in [0.05, 0.1) is 5.41 Å². The molecule has 0 aliphatic heterocycles. The van der Waals surface area contributed by atoms with Crippen molar-refractivity contribution in [2.45, 2.75) is 65.2 Å². The van der Waals surface area contributed by atoms with Gasteiger partial charge in [-0.05, 0) is 56.8 Å². The van der Waals surface area contributed by atoms with Crippen LogP contribution in [0.5, 0.6) is 0 Å². The predicted molar refractivity (Wildman–Crippen MR) is 80.9 cm³/mol. The average molecular weight is 290 g/mol. The minimum Gasteiger partial charge on any atom is -0.481 e. The van der Waals surface area contributed by atoms with E-state index in [0.29, 0.717) is 30.5 Å². The SMILES string of the molecule is CC[C@H]1[C@@H]2CCC3=C(CCC(=O)C3)[C@H]2CC[C@]1(C)C(=O)O. The van der Waals surface area contributed by atoms with Gasteiger partial charge >= 0.3 is 5.97 Å². The van der Waals surface area contributed by atoms with Crippen LogP contribution in [0.25, 0.3) is 0 Å². The zero-order valence-electron chi connectivity index (χ0n) is 13.2. The molecule has 3 rings (SSSR count). The summed E-state index contributed by atoms with van der Waals surface area (Å²) in [5.74, 6) is 1.12. The standard InChI is InChI=1S/C18H26O3/c1-3-16-15-6-4-11-10-12(19)5-7-13(11)14(15)8-9-18(16,2)17(20)21/h14-16H,3-10H2,1-2H3,(H,20,21)/t14-,15-,16+,18+/m1/s1. The third kappa shape index (κ3) is 2.25. The predicted octanol–water partition coefficient (Wildman–Crippen LogP) is 3.97. The Kier molecular flexibility index (Phi) is 3.71. The van der Waals surface area contributed by atoms with Crippen LogP contribution in [0.2, 0.25) is 0 Å². The molecule has 1 saturated carbocycles. The fourth-order valence-corrected chi connectivity index (χ4v) is 5.39. The van der Waals surface area contributed by atoms with E-state index in [-0.39, 0.29) is 5.92 Å². The van der Waals surface area contributed by atoms with E-state index in [2.05, 4.69) is 6.92 Å². The molecule has 0 amide bonds. The molecule has 0 bridgehead atoms. The van der Waals surface area contributed by atoms with Crippen LogP contribution in [0, 0.1) is 23.2 Å². The number of rotatable bonds is 2. The highest BCUT2D eigenvalue weighted by molar-refractivity contribution is 5.83. The minimum atomic E-state index is -0.619. The summed E-state index contributed by atoms with van der Waals surface area (Å²) in [6, 6.07) is 0. The highest BCUT2D eigenvalue weighted by Crippen LogP contribution is 2.56. The molecule has 0 heterocycles. The van der Waals surface area contributed by atoms with E-state index < -0.39 is 11.4 Å². The normalized spacial score (nSPS) is 39.7. The monoisotopic (exact) mass is 290 g/mol. The van der Waals surface area contributed by atoms with E-state index in [4.69, 9.17) is 0 Å². The Bertz CT molecular complexity index is 505. The van der Waals surface area contributed by atoms with Crippen LogP contribution in [0.4, 0.5) is 0 Å². The van der Waals surface area contributed by atoms with Gasteiger partial charge in [-0.25, -0.2) is 0 Å². The first-order valence-corrected chi connectivity index (χ1v) is 8.43. The molecule has 0 aromatic carbocycles. The number of carbonyl (C=O) groups excluding carboxylic acids is 1. The van der Waals surface area contributed by atoms with E-state index >= 15 is 0 Å². The molecule has 1 fully saturated rings. The molecule has 21 heavy (non-hydrogen) atoms. The molecule has 3 heteroatoms. The Hall–Kier alpha value is -1.12. The van der Waals surface area contributed by atoms with Gasteiger partial charge in [-0.1, -0.05) is 24.5 Å². The summed E-state index contributed by atoms with van der Waals surface area (Å²) in [7, 11) is 0. The number of carboxylic acid groups (broad SMARTS) is 1. The van der Waals surface area contributed by atoms with Crippen molar-refractivity contribution in [3.8, 4) is 0 Å². The summed E-state index contributed by atoms with van der Waals surface area (Å²) < 4.78 is 0. The summed E-state index contributed by atoms with van der Waals surface area (Å²) in [6.45, 7) is 4.09. The zero-order chi connectivity index (χ0) is 15.2. The van der Waals surface area contributed by atoms with Gasteiger partial charge in [0.25, 0.3) is 0 Å². The lowest BCUT2D eigenvalue weighted by Crippen LogP contribution is -2.48. The lowest BCUT2D eigenvalue weighted by atomic mass is 9.53. The van der Waals surface area contributed by atoms with Crippen molar-refractivity contribution in [3.63, 3.8) is 0 Å². The molecule has 116 valence electrons. The molecule has 0 spiro atoms. The number of carboxylic acids is 1. The van der Waals surface area contributed by atoms with Gasteiger partial charge in [-0.3, -0.25) is 9.59 Å². The van der Waals surface area contributed by atoms with Crippen LogP contribution in [0.15, 0.2) is 11.1 Å². The van der Waals surface area contributed by atoms with Crippen LogP contribution in [0.3, 0.4) is 0 Å². The molecule has 3 nitrogen and oxygen atoms in total. The number of hydrogen-bond donors (Lipinski definition) is 1. The molecule has 1 N–H and O–H groups in total. The number of fused-ring (bicyclic) bond motifs is 2. The quantitative estimate of drug-likeness (QED) is 0.783. The molecule has 0 aromatic heterocycles. The molecule has 0 aromatic rings. The second-order valence-corrected chi connectivity index (χ2v) is 7.43. The summed E-state index contributed by atoms with van der Waals surface area (Å²) in [4.78, 5) is 23.5. The Morgan fingerprint density at radius 3 is 2.71 bits per heavy atom. The Morgan fingerprint density at radius 2 is 2.05 bits per heavy atom. The fraction of sp³-hybridized carbons (Fsp3) is 0.778. The third-order valence-electron chi connectivity index (χ3n) is 6.52. The van der Waals surface area contributed by atoms with Crippen LogP contribution < -0.4 is 0 Å². The van der Waals surface area contributed by atoms with E-state index in [1.165, 1.54) is 11.1 Å². The van der Waals surface area contributed by atoms with Crippen molar-refractivity contribution in [3.05, 3.63) is 11.1 Å². The second-order valence-electron chi connectivity index (χ2n) is 7.43. The first-order valence-electron chi connectivity index (χ1n) is 8.43. The maximum Gasteiger partial charge on any atom is 0.309 e. The Balaban J connectivity index is 1.91. The topological polar surface area (TPSA) is 54.4 Å². The van der Waals surface area contributed by atoms with Gasteiger partial charge in [0.2, 0.25) is 0 Å². The van der Waals surface area contributed by atoms with Crippen molar-refractivity contribution in [1.29, 1.82) is 0 Å². The molecule has 0 unspecified atom stereocenters. The summed E-state index contributed by atoms with van der Waals surface area (Å²) in [6.07, 6.45) is 7.15. The molecule has 3 aliphatic rings. The average Bonchev–Trinajstić information content (AvgIpc) is 2.46. The number of carbonyl (C=O) groups is 2. The summed E-state index contributed by atoms with van der Waals surface area (Å²) in [5.41, 5.74) is 2.39. The van der Waals surface area contributed by atoms with Crippen molar-refractivity contribution in [1.82, 2.24) is 0 Å². The number of allylic oxidation sites excluding steroid dienone is 2. The van der Waals surface area contributed by atoms with Gasteiger partial charge in [-0.15, -0.1) is 0 Å². The number of hydrogen-bond acceptors (Lipinski definition) is 2. The minimum absolute atomic E-state index is 0.278. The zero-order valence-corrected chi connectivity index (χ0v) is 13.2. The van der Waals surface area contributed by atoms with Crippen LogP contribution >= 0.6 is 0 Å². The van der Waals surface area contributed by atoms with Crippen molar-refractivity contribution < 1.29 is 14.7 Å². The van der Waals surface area contributed by atoms with Gasteiger partial charge < -0.3 is 5.11 Å². The van der Waals surface area contributed by atoms with Crippen molar-refractivity contribution in [2.24, 2.45) is 23.2 Å². The van der Waals surface area contributed by atoms with Crippen LogP contribution in [0.1, 0.15) is 65.2 Å². The largest absolute Gasteiger partial charge is 0.481 e. The lowest BCUT2D eigenvalue weighted by Gasteiger charge is -2.51. The third-order valence-corrected chi connectivity index (χ3v) is 6.52. The van der Waals surface area contributed by atoms with Gasteiger partial charge in [0, 0.05) is 12.8 Å². The number of ketones is 1. The molecule has 0 saturated heterocycles. The van der Waals surface area contributed by atoms with Crippen molar-refractivity contribution in [2.75, 3.05) is 0 Å². The molecular weight excluding hydrogens is 264 g/mol. The van der Waals surface area contributed by atoms with E-state index in [1.54, 1.807) is 0 Å². The highest BCUT2D eigenvalue weighted by Gasteiger charge is 2.51. The van der Waals surface area contributed by atoms with Crippen molar-refractivity contribution >= 4 is 11.8 Å². The Morgan fingerprint density at radius 1 is 1.29 bits per heavy atom. The molecule has 4 atom stereocenters. The molecule has 3 aliphatic carbocycles. The first kappa shape index (κ1) is 14.8. The maximum atomic E-state index is 11.8. The Labute approximate surface area is 126 Å². The van der Waals surface area contributed by atoms with Crippen LogP contribution in [-0.2, 0) is 9.59 Å². The summed E-state index contributed by atoms with van der Waals surface area (Å²) >= 11 is 0. The summed E-state index contributed by atoms with van der Waals surface area (Å²) in [5, 5.41) is 9.70. The van der Waals surface area contributed by atoms with Gasteiger partial charge in [0.1, 0.15) is 5.78 Å². The maximum absolute atomic E-state index is 11.8. The van der Waals surface area contributed by atoms with E-state index in [0.717, 1.165) is 38.5 Å². The molecular formula is C18H26O3. The second kappa shape index (κ2) is 5.26. The van der Waals surface area contributed by atoms with E-state index in [9.17, 15) is 14.7 Å². The van der Waals surface area contributed by atoms with Crippen LogP contribution in [-0.4, -0.2) is 16.9 Å². The van der Waals surface area contributed by atoms with E-state index in [1.807, 2.05) is 6.92 Å². The van der Waals surface area contributed by atoms with Gasteiger partial charge in [-0.2, -0.15) is 0 Å². The van der Waals surface area contributed by atoms with Gasteiger partial charge in [0.15, 0.2) is 0 Å².